The van der Waals surface area contributed by atoms with Crippen LogP contribution in [0.3, 0.4) is 0 Å². The van der Waals surface area contributed by atoms with Crippen molar-refractivity contribution in [3.05, 3.63) is 0 Å². The Hall–Kier alpha value is -0.610. The molecular weight excluding hydrogens is 192 g/mol. The first kappa shape index (κ1) is 12.5. The molecule has 0 aromatic rings. The van der Waals surface area contributed by atoms with Gasteiger partial charge in [0.25, 0.3) is 0 Å². The second-order valence-corrected chi connectivity index (χ2v) is 4.40. The van der Waals surface area contributed by atoms with E-state index in [1.165, 1.54) is 0 Å². The number of hydrogen-bond acceptors (Lipinski definition) is 3. The molecular formula is C11H22N2O2. The highest BCUT2D eigenvalue weighted by Crippen LogP contribution is 2.10. The molecule has 0 aliphatic carbocycles. The Bertz CT molecular complexity index is 209. The molecule has 4 heteroatoms. The Morgan fingerprint density at radius 1 is 1.60 bits per heavy atom. The number of aliphatic hydroxyl groups is 1. The third-order valence-electron chi connectivity index (χ3n) is 2.89. The maximum absolute atomic E-state index is 11.7. The van der Waals surface area contributed by atoms with E-state index in [0.717, 1.165) is 32.5 Å². The number of amides is 1. The average Bonchev–Trinajstić information content (AvgIpc) is 2.35. The zero-order chi connectivity index (χ0) is 11.3. The molecule has 0 aromatic carbocycles. The number of rotatable bonds is 4. The summed E-state index contributed by atoms with van der Waals surface area (Å²) in [7, 11) is 0. The van der Waals surface area contributed by atoms with E-state index in [1.807, 2.05) is 0 Å². The average molecular weight is 214 g/mol. The van der Waals surface area contributed by atoms with Gasteiger partial charge in [-0.15, -0.1) is 0 Å². The lowest BCUT2D eigenvalue weighted by molar-refractivity contribution is -0.126. The number of unbranched alkanes of at least 4 members (excludes halogenated alkanes) is 1. The Balaban J connectivity index is 2.62. The highest BCUT2D eigenvalue weighted by molar-refractivity contribution is 5.82. The smallest absolute Gasteiger partial charge is 0.239 e. The van der Waals surface area contributed by atoms with Gasteiger partial charge < -0.3 is 10.4 Å². The molecule has 1 heterocycles. The Morgan fingerprint density at radius 2 is 2.33 bits per heavy atom. The monoisotopic (exact) mass is 214 g/mol. The lowest BCUT2D eigenvalue weighted by Gasteiger charge is -2.27. The van der Waals surface area contributed by atoms with Crippen molar-refractivity contribution in [1.29, 1.82) is 0 Å². The molecule has 2 unspecified atom stereocenters. The summed E-state index contributed by atoms with van der Waals surface area (Å²) < 4.78 is 0. The molecule has 15 heavy (non-hydrogen) atoms. The minimum absolute atomic E-state index is 0.0297. The standard InChI is InChI=1S/C11H22N2O2/c1-3-4-5-13-7-9(2)6-12-11(15)10(13)8-14/h9-10,14H,3-8H2,1-2H3,(H,12,15). The zero-order valence-electron chi connectivity index (χ0n) is 9.70. The van der Waals surface area contributed by atoms with Gasteiger partial charge in [-0.3, -0.25) is 9.69 Å². The summed E-state index contributed by atoms with van der Waals surface area (Å²) in [5.74, 6) is 0.431. The molecule has 0 radical (unpaired) electrons. The number of nitrogens with one attached hydrogen (secondary N) is 1. The molecule has 0 bridgehead atoms. The van der Waals surface area contributed by atoms with E-state index < -0.39 is 0 Å². The van der Waals surface area contributed by atoms with Gasteiger partial charge in [0.15, 0.2) is 0 Å². The van der Waals surface area contributed by atoms with Gasteiger partial charge in [0.05, 0.1) is 6.61 Å². The largest absolute Gasteiger partial charge is 0.394 e. The molecule has 2 atom stereocenters. The molecule has 1 amide bonds. The molecule has 0 spiro atoms. The summed E-state index contributed by atoms with van der Waals surface area (Å²) in [5.41, 5.74) is 0. The quantitative estimate of drug-likeness (QED) is 0.703. The number of hydrogen-bond donors (Lipinski definition) is 2. The fourth-order valence-electron chi connectivity index (χ4n) is 1.96. The van der Waals surface area contributed by atoms with Gasteiger partial charge in [-0.1, -0.05) is 20.3 Å². The van der Waals surface area contributed by atoms with E-state index in [4.69, 9.17) is 0 Å². The van der Waals surface area contributed by atoms with Crippen LogP contribution in [0.1, 0.15) is 26.7 Å². The van der Waals surface area contributed by atoms with Crippen LogP contribution < -0.4 is 5.32 Å². The topological polar surface area (TPSA) is 52.6 Å². The van der Waals surface area contributed by atoms with Gasteiger partial charge in [0, 0.05) is 13.1 Å². The molecule has 88 valence electrons. The van der Waals surface area contributed by atoms with Crippen LogP contribution in [0.2, 0.25) is 0 Å². The molecule has 1 rings (SSSR count). The summed E-state index contributed by atoms with van der Waals surface area (Å²) in [4.78, 5) is 13.8. The van der Waals surface area contributed by atoms with Crippen LogP contribution in [0, 0.1) is 5.92 Å². The Kier molecular flexibility index (Phi) is 5.05. The van der Waals surface area contributed by atoms with Crippen LogP contribution in [-0.4, -0.2) is 48.2 Å². The second-order valence-electron chi connectivity index (χ2n) is 4.40. The molecule has 0 saturated carbocycles. The maximum Gasteiger partial charge on any atom is 0.239 e. The number of aliphatic hydroxyl groups excluding tert-OH is 1. The first-order valence-corrected chi connectivity index (χ1v) is 5.81. The number of nitrogens with zero attached hydrogens (tertiary/aromatic N) is 1. The van der Waals surface area contributed by atoms with Gasteiger partial charge in [-0.05, 0) is 18.9 Å². The van der Waals surface area contributed by atoms with Crippen LogP contribution in [0.4, 0.5) is 0 Å². The minimum atomic E-state index is -0.346. The van der Waals surface area contributed by atoms with Crippen molar-refractivity contribution in [2.75, 3.05) is 26.2 Å². The summed E-state index contributed by atoms with van der Waals surface area (Å²) in [5, 5.41) is 12.1. The van der Waals surface area contributed by atoms with Crippen molar-refractivity contribution in [3.8, 4) is 0 Å². The molecule has 2 N–H and O–H groups in total. The highest BCUT2D eigenvalue weighted by Gasteiger charge is 2.29. The molecule has 0 aromatic heterocycles. The van der Waals surface area contributed by atoms with Crippen molar-refractivity contribution < 1.29 is 9.90 Å². The summed E-state index contributed by atoms with van der Waals surface area (Å²) >= 11 is 0. The first-order valence-electron chi connectivity index (χ1n) is 5.81. The van der Waals surface area contributed by atoms with Gasteiger partial charge >= 0.3 is 0 Å². The molecule has 1 aliphatic rings. The molecule has 1 fully saturated rings. The Morgan fingerprint density at radius 3 is 2.93 bits per heavy atom. The lowest BCUT2D eigenvalue weighted by Crippen LogP contribution is -2.47. The highest BCUT2D eigenvalue weighted by atomic mass is 16.3. The van der Waals surface area contributed by atoms with E-state index >= 15 is 0 Å². The minimum Gasteiger partial charge on any atom is -0.394 e. The van der Waals surface area contributed by atoms with Crippen LogP contribution in [0.25, 0.3) is 0 Å². The summed E-state index contributed by atoms with van der Waals surface area (Å²) in [6, 6.07) is -0.346. The molecule has 4 nitrogen and oxygen atoms in total. The van der Waals surface area contributed by atoms with E-state index in [-0.39, 0.29) is 18.6 Å². The van der Waals surface area contributed by atoms with Crippen molar-refractivity contribution in [1.82, 2.24) is 10.2 Å². The van der Waals surface area contributed by atoms with Gasteiger partial charge in [0.2, 0.25) is 5.91 Å². The van der Waals surface area contributed by atoms with Crippen LogP contribution >= 0.6 is 0 Å². The molecule has 1 aliphatic heterocycles. The maximum atomic E-state index is 11.7. The predicted octanol–water partition coefficient (Wildman–Crippen LogP) is 0.215. The SMILES string of the molecule is CCCCN1CC(C)CNC(=O)C1CO. The van der Waals surface area contributed by atoms with Crippen molar-refractivity contribution in [3.63, 3.8) is 0 Å². The van der Waals surface area contributed by atoms with E-state index in [0.29, 0.717) is 5.92 Å². The normalized spacial score (nSPS) is 28.6. The third-order valence-corrected chi connectivity index (χ3v) is 2.89. The number of carbonyl (C=O) groups excluding carboxylic acids is 1. The first-order chi connectivity index (χ1) is 7.19. The van der Waals surface area contributed by atoms with Gasteiger partial charge in [-0.25, -0.2) is 0 Å². The molecule has 1 saturated heterocycles. The fraction of sp³-hybridized carbons (Fsp3) is 0.909. The predicted molar refractivity (Wildman–Crippen MR) is 59.5 cm³/mol. The zero-order valence-corrected chi connectivity index (χ0v) is 9.70. The van der Waals surface area contributed by atoms with E-state index in [9.17, 15) is 9.90 Å². The van der Waals surface area contributed by atoms with Gasteiger partial charge in [0.1, 0.15) is 6.04 Å². The fourth-order valence-corrected chi connectivity index (χ4v) is 1.96. The van der Waals surface area contributed by atoms with Crippen molar-refractivity contribution >= 4 is 5.91 Å². The van der Waals surface area contributed by atoms with Crippen LogP contribution in [0.15, 0.2) is 0 Å². The number of carbonyl (C=O) groups is 1. The van der Waals surface area contributed by atoms with Crippen molar-refractivity contribution in [2.45, 2.75) is 32.7 Å². The Labute approximate surface area is 91.6 Å². The van der Waals surface area contributed by atoms with E-state index in [2.05, 4.69) is 24.1 Å². The van der Waals surface area contributed by atoms with Crippen LogP contribution in [0.5, 0.6) is 0 Å². The van der Waals surface area contributed by atoms with E-state index in [1.54, 1.807) is 0 Å². The second kappa shape index (κ2) is 6.08. The summed E-state index contributed by atoms with van der Waals surface area (Å²) in [6.07, 6.45) is 2.20. The third kappa shape index (κ3) is 3.47. The lowest BCUT2D eigenvalue weighted by atomic mass is 10.1. The summed E-state index contributed by atoms with van der Waals surface area (Å²) in [6.45, 7) is 6.69. The van der Waals surface area contributed by atoms with Gasteiger partial charge in [-0.2, -0.15) is 0 Å². The van der Waals surface area contributed by atoms with Crippen molar-refractivity contribution in [2.24, 2.45) is 5.92 Å². The van der Waals surface area contributed by atoms with Crippen LogP contribution in [-0.2, 0) is 4.79 Å².